The van der Waals surface area contributed by atoms with Gasteiger partial charge in [0.05, 0.1) is 0 Å². The van der Waals surface area contributed by atoms with Crippen molar-refractivity contribution in [1.29, 1.82) is 0 Å². The quantitative estimate of drug-likeness (QED) is 0.495. The lowest BCUT2D eigenvalue weighted by Gasteiger charge is -1.93. The zero-order valence-electron chi connectivity index (χ0n) is 5.78. The topological polar surface area (TPSA) is 17.1 Å². The third kappa shape index (κ3) is 3.46. The molecule has 0 aliphatic heterocycles. The SMILES string of the molecule is CC/C=C(\CC)C(=O)Br. The highest BCUT2D eigenvalue weighted by Crippen LogP contribution is 2.07. The van der Waals surface area contributed by atoms with Gasteiger partial charge in [-0.05, 0) is 28.8 Å². The molecule has 2 heteroatoms. The smallest absolute Gasteiger partial charge is 0.223 e. The molecule has 0 aliphatic rings. The van der Waals surface area contributed by atoms with Gasteiger partial charge in [0, 0.05) is 5.57 Å². The highest BCUT2D eigenvalue weighted by Gasteiger charge is 1.99. The van der Waals surface area contributed by atoms with E-state index in [0.29, 0.717) is 0 Å². The number of carbonyl (C=O) groups excluding carboxylic acids is 1. The summed E-state index contributed by atoms with van der Waals surface area (Å²) >= 11 is 2.89. The normalized spacial score (nSPS) is 11.7. The fourth-order valence-corrected chi connectivity index (χ4v) is 1.05. The van der Waals surface area contributed by atoms with Gasteiger partial charge in [0.2, 0.25) is 4.69 Å². The van der Waals surface area contributed by atoms with E-state index in [0.717, 1.165) is 18.4 Å². The van der Waals surface area contributed by atoms with E-state index >= 15 is 0 Å². The minimum Gasteiger partial charge on any atom is -0.281 e. The lowest BCUT2D eigenvalue weighted by atomic mass is 10.2. The predicted molar refractivity (Wildman–Crippen MR) is 42.6 cm³/mol. The summed E-state index contributed by atoms with van der Waals surface area (Å²) in [6, 6.07) is 0. The second-order valence-electron chi connectivity index (χ2n) is 1.76. The van der Waals surface area contributed by atoms with Crippen molar-refractivity contribution in [3.63, 3.8) is 0 Å². The Morgan fingerprint density at radius 3 is 2.22 bits per heavy atom. The summed E-state index contributed by atoms with van der Waals surface area (Å²) in [6.45, 7) is 3.99. The maximum atomic E-state index is 10.6. The van der Waals surface area contributed by atoms with Crippen molar-refractivity contribution >= 4 is 20.6 Å². The van der Waals surface area contributed by atoms with Gasteiger partial charge >= 0.3 is 0 Å². The minimum atomic E-state index is 0.0202. The molecule has 9 heavy (non-hydrogen) atoms. The molecule has 0 saturated carbocycles. The molecule has 52 valence electrons. The van der Waals surface area contributed by atoms with Crippen LogP contribution in [0.15, 0.2) is 11.6 Å². The van der Waals surface area contributed by atoms with Gasteiger partial charge in [0.15, 0.2) is 0 Å². The summed E-state index contributed by atoms with van der Waals surface area (Å²) in [5, 5.41) is 0. The van der Waals surface area contributed by atoms with Gasteiger partial charge in [0.1, 0.15) is 0 Å². The molecule has 0 N–H and O–H groups in total. The maximum absolute atomic E-state index is 10.6. The number of carbonyl (C=O) groups is 1. The van der Waals surface area contributed by atoms with Crippen LogP contribution in [0.3, 0.4) is 0 Å². The highest BCUT2D eigenvalue weighted by molar-refractivity contribution is 9.18. The van der Waals surface area contributed by atoms with Crippen LogP contribution in [0.4, 0.5) is 0 Å². The van der Waals surface area contributed by atoms with Gasteiger partial charge in [-0.1, -0.05) is 19.9 Å². The molecule has 0 aliphatic carbocycles. The van der Waals surface area contributed by atoms with Crippen LogP contribution in [0.25, 0.3) is 0 Å². The molecule has 0 radical (unpaired) electrons. The average Bonchev–Trinajstić information content (AvgIpc) is 1.82. The maximum Gasteiger partial charge on any atom is 0.223 e. The second kappa shape index (κ2) is 4.74. The fourth-order valence-electron chi connectivity index (χ4n) is 0.610. The molecule has 0 fully saturated rings. The Morgan fingerprint density at radius 2 is 2.11 bits per heavy atom. The molecule has 1 nitrogen and oxygen atoms in total. The van der Waals surface area contributed by atoms with E-state index in [-0.39, 0.29) is 4.69 Å². The van der Waals surface area contributed by atoms with Crippen LogP contribution in [0.2, 0.25) is 0 Å². The molecule has 0 unspecified atom stereocenters. The molecule has 0 aromatic carbocycles. The van der Waals surface area contributed by atoms with Crippen LogP contribution in [-0.4, -0.2) is 4.69 Å². The Morgan fingerprint density at radius 1 is 1.56 bits per heavy atom. The summed E-state index contributed by atoms with van der Waals surface area (Å²) in [7, 11) is 0. The largest absolute Gasteiger partial charge is 0.281 e. The van der Waals surface area contributed by atoms with Crippen molar-refractivity contribution in [2.24, 2.45) is 0 Å². The number of allylic oxidation sites excluding steroid dienone is 2. The molecule has 0 bridgehead atoms. The molecule has 0 atom stereocenters. The molecule has 0 rings (SSSR count). The summed E-state index contributed by atoms with van der Waals surface area (Å²) in [5.41, 5.74) is 0.873. The molecule has 0 saturated heterocycles. The Kier molecular flexibility index (Phi) is 4.68. The van der Waals surface area contributed by atoms with E-state index in [4.69, 9.17) is 0 Å². The van der Waals surface area contributed by atoms with Crippen LogP contribution < -0.4 is 0 Å². The molecular formula is C7H11BrO. The molecule has 0 aromatic heterocycles. The van der Waals surface area contributed by atoms with E-state index in [1.807, 2.05) is 19.9 Å². The Bertz CT molecular complexity index is 127. The zero-order chi connectivity index (χ0) is 7.28. The first kappa shape index (κ1) is 8.89. The van der Waals surface area contributed by atoms with Crippen LogP contribution >= 0.6 is 15.9 Å². The first-order chi connectivity index (χ1) is 4.22. The number of hydrogen-bond donors (Lipinski definition) is 0. The summed E-state index contributed by atoms with van der Waals surface area (Å²) in [4.78, 5) is 10.6. The first-order valence-corrected chi connectivity index (χ1v) is 3.90. The van der Waals surface area contributed by atoms with E-state index in [2.05, 4.69) is 15.9 Å². The van der Waals surface area contributed by atoms with Crippen LogP contribution in [0.5, 0.6) is 0 Å². The zero-order valence-corrected chi connectivity index (χ0v) is 7.36. The van der Waals surface area contributed by atoms with E-state index < -0.39 is 0 Å². The summed E-state index contributed by atoms with van der Waals surface area (Å²) in [5.74, 6) is 0. The third-order valence-corrected chi connectivity index (χ3v) is 1.59. The molecule has 0 aromatic rings. The van der Waals surface area contributed by atoms with E-state index in [9.17, 15) is 4.79 Å². The Balaban J connectivity index is 3.98. The number of rotatable bonds is 3. The monoisotopic (exact) mass is 190 g/mol. The van der Waals surface area contributed by atoms with Crippen molar-refractivity contribution in [2.45, 2.75) is 26.7 Å². The third-order valence-electron chi connectivity index (χ3n) is 1.08. The molecule has 0 spiro atoms. The van der Waals surface area contributed by atoms with E-state index in [1.54, 1.807) is 0 Å². The van der Waals surface area contributed by atoms with Crippen molar-refractivity contribution in [3.8, 4) is 0 Å². The predicted octanol–water partition coefficient (Wildman–Crippen LogP) is 2.65. The molecule has 0 amide bonds. The summed E-state index contributed by atoms with van der Waals surface area (Å²) < 4.78 is 0.0202. The van der Waals surface area contributed by atoms with Crippen LogP contribution in [0, 0.1) is 0 Å². The van der Waals surface area contributed by atoms with Crippen LogP contribution in [-0.2, 0) is 4.79 Å². The van der Waals surface area contributed by atoms with Gasteiger partial charge in [-0.25, -0.2) is 0 Å². The van der Waals surface area contributed by atoms with Gasteiger partial charge in [0.25, 0.3) is 0 Å². The summed E-state index contributed by atoms with van der Waals surface area (Å²) in [6.07, 6.45) is 3.69. The van der Waals surface area contributed by atoms with Gasteiger partial charge < -0.3 is 0 Å². The second-order valence-corrected chi connectivity index (χ2v) is 2.49. The standard InChI is InChI=1S/C7H11BrO/c1-3-5-6(4-2)7(8)9/h5H,3-4H2,1-2H3/b6-5+. The first-order valence-electron chi connectivity index (χ1n) is 3.11. The van der Waals surface area contributed by atoms with Crippen molar-refractivity contribution in [3.05, 3.63) is 11.6 Å². The lowest BCUT2D eigenvalue weighted by molar-refractivity contribution is -0.107. The number of halogens is 1. The highest BCUT2D eigenvalue weighted by atomic mass is 79.9. The Hall–Kier alpha value is -0.110. The lowest BCUT2D eigenvalue weighted by Crippen LogP contribution is -1.89. The Labute approximate surface area is 64.3 Å². The van der Waals surface area contributed by atoms with Crippen LogP contribution in [0.1, 0.15) is 26.7 Å². The molecule has 0 heterocycles. The average molecular weight is 191 g/mol. The van der Waals surface area contributed by atoms with Gasteiger partial charge in [-0.15, -0.1) is 0 Å². The molecular weight excluding hydrogens is 180 g/mol. The van der Waals surface area contributed by atoms with Crippen molar-refractivity contribution < 1.29 is 4.79 Å². The fraction of sp³-hybridized carbons (Fsp3) is 0.571. The van der Waals surface area contributed by atoms with Gasteiger partial charge in [-0.3, -0.25) is 4.79 Å². The van der Waals surface area contributed by atoms with Crippen molar-refractivity contribution in [1.82, 2.24) is 0 Å². The van der Waals surface area contributed by atoms with Crippen molar-refractivity contribution in [2.75, 3.05) is 0 Å². The van der Waals surface area contributed by atoms with E-state index in [1.165, 1.54) is 0 Å². The van der Waals surface area contributed by atoms with Gasteiger partial charge in [-0.2, -0.15) is 0 Å². The minimum absolute atomic E-state index is 0.0202. The number of hydrogen-bond acceptors (Lipinski definition) is 1.